The van der Waals surface area contributed by atoms with Gasteiger partial charge in [0, 0.05) is 23.1 Å². The lowest BCUT2D eigenvalue weighted by atomic mass is 9.85. The van der Waals surface area contributed by atoms with E-state index in [-0.39, 0.29) is 18.0 Å². The van der Waals surface area contributed by atoms with Crippen LogP contribution < -0.4 is 4.74 Å². The van der Waals surface area contributed by atoms with Gasteiger partial charge in [-0.2, -0.15) is 13.2 Å². The Morgan fingerprint density at radius 1 is 1.10 bits per heavy atom. The highest BCUT2D eigenvalue weighted by Gasteiger charge is 2.39. The van der Waals surface area contributed by atoms with Gasteiger partial charge in [-0.3, -0.25) is 4.40 Å². The number of halogens is 4. The van der Waals surface area contributed by atoms with Crippen LogP contribution in [0, 0.1) is 5.92 Å². The molecule has 0 N–H and O–H groups in total. The van der Waals surface area contributed by atoms with Crippen LogP contribution in [0.4, 0.5) is 13.2 Å². The second kappa shape index (κ2) is 7.20. The third-order valence-corrected chi connectivity index (χ3v) is 5.53. The van der Waals surface area contributed by atoms with Gasteiger partial charge in [-0.1, -0.05) is 37.6 Å². The Morgan fingerprint density at radius 3 is 2.41 bits per heavy atom. The molecular weight excluding hydrogens is 403 g/mol. The van der Waals surface area contributed by atoms with Gasteiger partial charge in [0.2, 0.25) is 0 Å². The smallest absolute Gasteiger partial charge is 0.423 e. The van der Waals surface area contributed by atoms with Crippen LogP contribution in [0.2, 0.25) is 5.02 Å². The molecule has 0 amide bonds. The average Bonchev–Trinajstić information content (AvgIpc) is 3.38. The van der Waals surface area contributed by atoms with Gasteiger partial charge < -0.3 is 4.74 Å². The van der Waals surface area contributed by atoms with Crippen molar-refractivity contribution in [2.45, 2.75) is 44.7 Å². The van der Waals surface area contributed by atoms with Gasteiger partial charge in [-0.15, -0.1) is 10.2 Å². The van der Waals surface area contributed by atoms with Crippen LogP contribution in [0.1, 0.15) is 43.6 Å². The summed E-state index contributed by atoms with van der Waals surface area (Å²) in [4.78, 5) is 0. The maximum absolute atomic E-state index is 13.9. The number of ether oxygens (including phenoxy) is 1. The second-order valence-electron chi connectivity index (χ2n) is 8.19. The number of pyridine rings is 1. The van der Waals surface area contributed by atoms with Gasteiger partial charge >= 0.3 is 6.18 Å². The Morgan fingerprint density at radius 2 is 1.79 bits per heavy atom. The first-order chi connectivity index (χ1) is 13.6. The molecule has 1 aromatic carbocycles. The maximum atomic E-state index is 13.9. The Hall–Kier alpha value is -2.28. The summed E-state index contributed by atoms with van der Waals surface area (Å²) in [7, 11) is 0. The van der Waals surface area contributed by atoms with Gasteiger partial charge in [0.25, 0.3) is 0 Å². The lowest BCUT2D eigenvalue weighted by molar-refractivity contribution is -0.138. The Kier molecular flexibility index (Phi) is 4.97. The summed E-state index contributed by atoms with van der Waals surface area (Å²) >= 11 is 5.93. The zero-order valence-electron chi connectivity index (χ0n) is 16.1. The molecule has 0 radical (unpaired) electrons. The molecule has 0 bridgehead atoms. The minimum atomic E-state index is -4.61. The molecule has 0 spiro atoms. The minimum Gasteiger partial charge on any atom is -0.492 e. The number of aromatic nitrogens is 3. The van der Waals surface area contributed by atoms with Crippen molar-refractivity contribution < 1.29 is 17.9 Å². The molecular formula is C21H21ClF3N3O. The number of fused-ring (bicyclic) bond motifs is 1. The van der Waals surface area contributed by atoms with E-state index in [9.17, 15) is 13.2 Å². The van der Waals surface area contributed by atoms with Crippen molar-refractivity contribution in [1.82, 2.24) is 14.6 Å². The number of alkyl halides is 3. The topological polar surface area (TPSA) is 39.4 Å². The van der Waals surface area contributed by atoms with Crippen LogP contribution in [-0.4, -0.2) is 21.2 Å². The molecule has 154 valence electrons. The SMILES string of the molecule is CC(C)(COc1ccn2c(CC3CC3)nnc2c1C(F)(F)F)c1ccc(Cl)cc1. The molecule has 2 aromatic heterocycles. The summed E-state index contributed by atoms with van der Waals surface area (Å²) in [5.41, 5.74) is -0.688. The first-order valence-electron chi connectivity index (χ1n) is 9.48. The highest BCUT2D eigenvalue weighted by molar-refractivity contribution is 6.30. The fourth-order valence-electron chi connectivity index (χ4n) is 3.34. The molecule has 4 rings (SSSR count). The fourth-order valence-corrected chi connectivity index (χ4v) is 3.46. The van der Waals surface area contributed by atoms with E-state index in [0.717, 1.165) is 18.4 Å². The molecule has 0 atom stereocenters. The van der Waals surface area contributed by atoms with Crippen LogP contribution in [-0.2, 0) is 18.0 Å². The van der Waals surface area contributed by atoms with Crippen LogP contribution >= 0.6 is 11.6 Å². The van der Waals surface area contributed by atoms with Crippen LogP contribution in [0.5, 0.6) is 5.75 Å². The van der Waals surface area contributed by atoms with Crippen molar-refractivity contribution in [1.29, 1.82) is 0 Å². The molecule has 1 aliphatic rings. The monoisotopic (exact) mass is 423 g/mol. The van der Waals surface area contributed by atoms with Crippen molar-refractivity contribution >= 4 is 17.2 Å². The molecule has 1 saturated carbocycles. The van der Waals surface area contributed by atoms with E-state index in [4.69, 9.17) is 16.3 Å². The van der Waals surface area contributed by atoms with E-state index in [1.807, 2.05) is 26.0 Å². The van der Waals surface area contributed by atoms with Gasteiger partial charge in [0.1, 0.15) is 17.1 Å². The number of hydrogen-bond donors (Lipinski definition) is 0. The van der Waals surface area contributed by atoms with E-state index < -0.39 is 17.2 Å². The number of rotatable bonds is 6. The van der Waals surface area contributed by atoms with Crippen molar-refractivity contribution in [3.8, 4) is 5.75 Å². The van der Waals surface area contributed by atoms with Gasteiger partial charge in [-0.25, -0.2) is 0 Å². The van der Waals surface area contributed by atoms with Crippen LogP contribution in [0.15, 0.2) is 36.5 Å². The predicted octanol–water partition coefficient (Wildman–Crippen LogP) is 5.71. The van der Waals surface area contributed by atoms with Crippen LogP contribution in [0.25, 0.3) is 5.65 Å². The first kappa shape index (κ1) is 20.0. The number of hydrogen-bond acceptors (Lipinski definition) is 3. The maximum Gasteiger partial charge on any atom is 0.423 e. The summed E-state index contributed by atoms with van der Waals surface area (Å²) in [6.07, 6.45) is -0.231. The Bertz CT molecular complexity index is 1020. The van der Waals surface area contributed by atoms with Crippen molar-refractivity contribution in [2.75, 3.05) is 6.61 Å². The second-order valence-corrected chi connectivity index (χ2v) is 8.63. The minimum absolute atomic E-state index is 0.0664. The van der Waals surface area contributed by atoms with E-state index >= 15 is 0 Å². The molecule has 1 aliphatic carbocycles. The zero-order valence-corrected chi connectivity index (χ0v) is 16.9. The highest BCUT2D eigenvalue weighted by atomic mass is 35.5. The molecule has 29 heavy (non-hydrogen) atoms. The molecule has 0 unspecified atom stereocenters. The predicted molar refractivity (Wildman–Crippen MR) is 104 cm³/mol. The van der Waals surface area contributed by atoms with Gasteiger partial charge in [-0.05, 0) is 42.5 Å². The third-order valence-electron chi connectivity index (χ3n) is 5.28. The first-order valence-corrected chi connectivity index (χ1v) is 9.85. The Balaban J connectivity index is 1.65. The van der Waals surface area contributed by atoms with Crippen molar-refractivity contribution in [3.05, 3.63) is 58.5 Å². The summed E-state index contributed by atoms with van der Waals surface area (Å²) in [5, 5.41) is 8.44. The van der Waals surface area contributed by atoms with E-state index in [0.29, 0.717) is 23.2 Å². The van der Waals surface area contributed by atoms with Crippen molar-refractivity contribution in [2.24, 2.45) is 5.92 Å². The number of nitrogens with zero attached hydrogens (tertiary/aromatic N) is 3. The average molecular weight is 424 g/mol. The molecule has 1 fully saturated rings. The standard InChI is InChI=1S/C21H21ClF3N3O/c1-20(2,14-5-7-15(22)8-6-14)12-29-16-9-10-28-17(11-13-3-4-13)26-27-19(28)18(16)21(23,24)25/h5-10,13H,3-4,11-12H2,1-2H3. The van der Waals surface area contributed by atoms with Crippen LogP contribution in [0.3, 0.4) is 0 Å². The molecule has 8 heteroatoms. The molecule has 0 aliphatic heterocycles. The molecule has 4 nitrogen and oxygen atoms in total. The summed E-state index contributed by atoms with van der Waals surface area (Å²) in [5.74, 6) is 0.811. The third kappa shape index (κ3) is 4.20. The molecule has 3 aromatic rings. The van der Waals surface area contributed by atoms with Gasteiger partial charge in [0.05, 0.1) is 6.61 Å². The zero-order chi connectivity index (χ0) is 20.8. The summed E-state index contributed by atoms with van der Waals surface area (Å²) < 4.78 is 48.7. The number of benzene rings is 1. The quantitative estimate of drug-likeness (QED) is 0.509. The van der Waals surface area contributed by atoms with Crippen molar-refractivity contribution in [3.63, 3.8) is 0 Å². The molecule has 0 saturated heterocycles. The normalized spacial score (nSPS) is 15.1. The molecule has 2 heterocycles. The van der Waals surface area contributed by atoms with E-state index in [2.05, 4.69) is 10.2 Å². The lowest BCUT2D eigenvalue weighted by Crippen LogP contribution is -2.27. The Labute approximate surface area is 171 Å². The largest absolute Gasteiger partial charge is 0.492 e. The fraction of sp³-hybridized carbons (Fsp3) is 0.429. The summed E-state index contributed by atoms with van der Waals surface area (Å²) in [6, 6.07) is 8.56. The lowest BCUT2D eigenvalue weighted by Gasteiger charge is -2.26. The van der Waals surface area contributed by atoms with E-state index in [1.54, 1.807) is 18.3 Å². The summed E-state index contributed by atoms with van der Waals surface area (Å²) in [6.45, 7) is 3.89. The van der Waals surface area contributed by atoms with Gasteiger partial charge in [0.15, 0.2) is 5.65 Å². The van der Waals surface area contributed by atoms with E-state index in [1.165, 1.54) is 10.5 Å². The highest BCUT2D eigenvalue weighted by Crippen LogP contribution is 2.40.